The standard InChI is InChI=1S/C23H31ClN4O/c1-17-21(23(29)26-27-14-8-3-9-15-27)25-22(19-12-6-7-13-20(19)24)28(17)16-18-10-4-2-5-11-18/h6-7,12-13,18H,2-5,8-11,14-16H2,1H3,(H,26,29). The molecule has 2 aromatic rings. The van der Waals surface area contributed by atoms with Crippen molar-refractivity contribution in [1.82, 2.24) is 20.0 Å². The van der Waals surface area contributed by atoms with Gasteiger partial charge in [-0.15, -0.1) is 0 Å². The van der Waals surface area contributed by atoms with E-state index in [1.807, 2.05) is 36.2 Å². The molecule has 1 amide bonds. The monoisotopic (exact) mass is 414 g/mol. The molecule has 6 heteroatoms. The lowest BCUT2D eigenvalue weighted by Gasteiger charge is -2.26. The predicted molar refractivity (Wildman–Crippen MR) is 117 cm³/mol. The van der Waals surface area contributed by atoms with E-state index in [-0.39, 0.29) is 5.91 Å². The SMILES string of the molecule is Cc1c(C(=O)NN2CCCCC2)nc(-c2ccccc2Cl)n1CC1CCCCC1. The molecule has 0 spiro atoms. The molecule has 2 fully saturated rings. The van der Waals surface area contributed by atoms with E-state index in [2.05, 4.69) is 9.99 Å². The Kier molecular flexibility index (Phi) is 6.56. The lowest BCUT2D eigenvalue weighted by atomic mass is 9.89. The van der Waals surface area contributed by atoms with E-state index in [0.29, 0.717) is 16.6 Å². The van der Waals surface area contributed by atoms with Crippen molar-refractivity contribution < 1.29 is 4.79 Å². The summed E-state index contributed by atoms with van der Waals surface area (Å²) < 4.78 is 2.22. The Bertz CT molecular complexity index is 851. The van der Waals surface area contributed by atoms with Gasteiger partial charge in [0.2, 0.25) is 0 Å². The Labute approximate surface area is 178 Å². The largest absolute Gasteiger partial charge is 0.327 e. The minimum atomic E-state index is -0.111. The Morgan fingerprint density at radius 2 is 1.79 bits per heavy atom. The number of nitrogens with zero attached hydrogens (tertiary/aromatic N) is 3. The first-order valence-corrected chi connectivity index (χ1v) is 11.4. The van der Waals surface area contributed by atoms with Crippen molar-refractivity contribution in [3.8, 4) is 11.4 Å². The fourth-order valence-corrected chi connectivity index (χ4v) is 4.87. The van der Waals surface area contributed by atoms with Crippen LogP contribution in [0.3, 0.4) is 0 Å². The number of hydrazine groups is 1. The van der Waals surface area contributed by atoms with Crippen molar-refractivity contribution in [2.75, 3.05) is 13.1 Å². The van der Waals surface area contributed by atoms with E-state index in [1.54, 1.807) is 0 Å². The van der Waals surface area contributed by atoms with E-state index in [0.717, 1.165) is 49.6 Å². The topological polar surface area (TPSA) is 50.2 Å². The van der Waals surface area contributed by atoms with Crippen LogP contribution in [0.15, 0.2) is 24.3 Å². The molecular weight excluding hydrogens is 384 g/mol. The van der Waals surface area contributed by atoms with E-state index < -0.39 is 0 Å². The molecule has 1 aromatic carbocycles. The number of halogens is 1. The summed E-state index contributed by atoms with van der Waals surface area (Å²) in [6, 6.07) is 7.79. The van der Waals surface area contributed by atoms with Crippen LogP contribution in [-0.2, 0) is 6.54 Å². The minimum Gasteiger partial charge on any atom is -0.327 e. The number of hydrogen-bond donors (Lipinski definition) is 1. The lowest BCUT2D eigenvalue weighted by Crippen LogP contribution is -2.45. The Balaban J connectivity index is 1.65. The van der Waals surface area contributed by atoms with Gasteiger partial charge in [-0.2, -0.15) is 0 Å². The fourth-order valence-electron chi connectivity index (χ4n) is 4.65. The number of aromatic nitrogens is 2. The van der Waals surface area contributed by atoms with Gasteiger partial charge in [0, 0.05) is 30.9 Å². The molecule has 1 aromatic heterocycles. The van der Waals surface area contributed by atoms with Crippen LogP contribution < -0.4 is 5.43 Å². The highest BCUT2D eigenvalue weighted by molar-refractivity contribution is 6.33. The summed E-state index contributed by atoms with van der Waals surface area (Å²) in [6.45, 7) is 4.73. The van der Waals surface area contributed by atoms with Crippen molar-refractivity contribution in [1.29, 1.82) is 0 Å². The van der Waals surface area contributed by atoms with Gasteiger partial charge in [-0.1, -0.05) is 49.4 Å². The second kappa shape index (κ2) is 9.31. The van der Waals surface area contributed by atoms with Gasteiger partial charge < -0.3 is 4.57 Å². The van der Waals surface area contributed by atoms with E-state index >= 15 is 0 Å². The van der Waals surface area contributed by atoms with Crippen LogP contribution in [0.2, 0.25) is 5.02 Å². The average Bonchev–Trinajstić information content (AvgIpc) is 3.06. The minimum absolute atomic E-state index is 0.111. The number of carbonyl (C=O) groups is 1. The van der Waals surface area contributed by atoms with Crippen LogP contribution in [0.4, 0.5) is 0 Å². The van der Waals surface area contributed by atoms with Gasteiger partial charge in [0.1, 0.15) is 5.82 Å². The van der Waals surface area contributed by atoms with E-state index in [9.17, 15) is 4.79 Å². The third kappa shape index (κ3) is 4.67. The Hall–Kier alpha value is -1.85. The number of carbonyl (C=O) groups excluding carboxylic acids is 1. The van der Waals surface area contributed by atoms with Crippen molar-refractivity contribution in [2.24, 2.45) is 5.92 Å². The molecule has 5 nitrogen and oxygen atoms in total. The molecule has 29 heavy (non-hydrogen) atoms. The molecule has 1 aliphatic heterocycles. The molecule has 1 aliphatic carbocycles. The number of imidazole rings is 1. The summed E-state index contributed by atoms with van der Waals surface area (Å²) in [6.07, 6.45) is 9.90. The number of nitrogens with one attached hydrogen (secondary N) is 1. The maximum atomic E-state index is 13.0. The smallest absolute Gasteiger partial charge is 0.286 e. The highest BCUT2D eigenvalue weighted by Crippen LogP contribution is 2.32. The first kappa shape index (κ1) is 20.4. The van der Waals surface area contributed by atoms with Crippen molar-refractivity contribution in [2.45, 2.75) is 64.8 Å². The van der Waals surface area contributed by atoms with Crippen molar-refractivity contribution >= 4 is 17.5 Å². The zero-order valence-electron chi connectivity index (χ0n) is 17.3. The van der Waals surface area contributed by atoms with Gasteiger partial charge in [-0.05, 0) is 50.7 Å². The third-order valence-electron chi connectivity index (χ3n) is 6.33. The van der Waals surface area contributed by atoms with Gasteiger partial charge in [0.25, 0.3) is 5.91 Å². The maximum Gasteiger partial charge on any atom is 0.286 e. The number of piperidine rings is 1. The quantitative estimate of drug-likeness (QED) is 0.729. The highest BCUT2D eigenvalue weighted by atomic mass is 35.5. The molecule has 0 bridgehead atoms. The average molecular weight is 415 g/mol. The molecule has 4 rings (SSSR count). The molecule has 0 radical (unpaired) electrons. The molecule has 1 N–H and O–H groups in total. The number of rotatable bonds is 5. The van der Waals surface area contributed by atoms with Crippen LogP contribution in [0, 0.1) is 12.8 Å². The maximum absolute atomic E-state index is 13.0. The van der Waals surface area contributed by atoms with E-state index in [4.69, 9.17) is 16.6 Å². The first-order chi connectivity index (χ1) is 14.1. The molecule has 0 unspecified atom stereocenters. The molecule has 156 valence electrons. The van der Waals surface area contributed by atoms with Crippen LogP contribution >= 0.6 is 11.6 Å². The number of hydrogen-bond acceptors (Lipinski definition) is 3. The van der Waals surface area contributed by atoms with Gasteiger partial charge >= 0.3 is 0 Å². The highest BCUT2D eigenvalue weighted by Gasteiger charge is 2.25. The second-order valence-electron chi connectivity index (χ2n) is 8.45. The summed E-state index contributed by atoms with van der Waals surface area (Å²) in [5.41, 5.74) is 5.41. The predicted octanol–water partition coefficient (Wildman–Crippen LogP) is 5.22. The Morgan fingerprint density at radius 3 is 2.52 bits per heavy atom. The zero-order valence-corrected chi connectivity index (χ0v) is 18.0. The summed E-state index contributed by atoms with van der Waals surface area (Å²) in [7, 11) is 0. The number of amides is 1. The van der Waals surface area contributed by atoms with Gasteiger partial charge in [0.15, 0.2) is 5.69 Å². The third-order valence-corrected chi connectivity index (χ3v) is 6.66. The number of benzene rings is 1. The van der Waals surface area contributed by atoms with Crippen LogP contribution in [0.5, 0.6) is 0 Å². The molecular formula is C23H31ClN4O. The van der Waals surface area contributed by atoms with Gasteiger partial charge in [-0.25, -0.2) is 9.99 Å². The van der Waals surface area contributed by atoms with Crippen LogP contribution in [0.1, 0.15) is 67.5 Å². The van der Waals surface area contributed by atoms with E-state index in [1.165, 1.54) is 38.5 Å². The second-order valence-corrected chi connectivity index (χ2v) is 8.86. The summed E-state index contributed by atoms with van der Waals surface area (Å²) >= 11 is 6.51. The molecule has 2 aliphatic rings. The Morgan fingerprint density at radius 1 is 1.10 bits per heavy atom. The molecule has 1 saturated carbocycles. The van der Waals surface area contributed by atoms with Gasteiger partial charge in [0.05, 0.1) is 5.02 Å². The zero-order chi connectivity index (χ0) is 20.2. The fraction of sp³-hybridized carbons (Fsp3) is 0.565. The first-order valence-electron chi connectivity index (χ1n) is 11.0. The normalized spacial score (nSPS) is 18.7. The molecule has 2 heterocycles. The van der Waals surface area contributed by atoms with Crippen molar-refractivity contribution in [3.63, 3.8) is 0 Å². The lowest BCUT2D eigenvalue weighted by molar-refractivity contribution is 0.0744. The molecule has 0 atom stereocenters. The van der Waals surface area contributed by atoms with Gasteiger partial charge in [-0.3, -0.25) is 10.2 Å². The summed E-state index contributed by atoms with van der Waals surface area (Å²) in [5.74, 6) is 1.33. The summed E-state index contributed by atoms with van der Waals surface area (Å²) in [5, 5.41) is 2.70. The molecule has 1 saturated heterocycles. The van der Waals surface area contributed by atoms with Crippen LogP contribution in [0.25, 0.3) is 11.4 Å². The van der Waals surface area contributed by atoms with Crippen LogP contribution in [-0.4, -0.2) is 33.6 Å². The summed E-state index contributed by atoms with van der Waals surface area (Å²) in [4.78, 5) is 17.9. The van der Waals surface area contributed by atoms with Crippen molar-refractivity contribution in [3.05, 3.63) is 40.7 Å².